The van der Waals surface area contributed by atoms with Gasteiger partial charge in [-0.25, -0.2) is 12.7 Å². The summed E-state index contributed by atoms with van der Waals surface area (Å²) in [5, 5.41) is 0. The number of rotatable bonds is 4. The molecule has 0 spiro atoms. The Hall–Kier alpha value is -0.130. The molecular weight excluding hydrogens is 260 g/mol. The van der Waals surface area contributed by atoms with Crippen LogP contribution >= 0.6 is 0 Å². The largest absolute Gasteiger partial charge is 0.296 e. The average Bonchev–Trinajstić information content (AvgIpc) is 2.40. The third-order valence-corrected chi connectivity index (χ3v) is 6.16. The van der Waals surface area contributed by atoms with Crippen molar-refractivity contribution in [2.24, 2.45) is 0 Å². The summed E-state index contributed by atoms with van der Waals surface area (Å²) in [7, 11) is -1.34. The van der Waals surface area contributed by atoms with Gasteiger partial charge in [-0.2, -0.15) is 0 Å². The standard InChI is InChI=1S/C14H28N2O2S/c1-15(19(2,17)18)13-14(9-5-3-6-10-14)16-11-7-4-8-12-16/h3-13H2,1-2H3. The molecule has 0 aromatic rings. The van der Waals surface area contributed by atoms with Crippen molar-refractivity contribution >= 4 is 10.0 Å². The first-order valence-electron chi connectivity index (χ1n) is 7.60. The molecule has 19 heavy (non-hydrogen) atoms. The molecule has 0 aromatic carbocycles. The van der Waals surface area contributed by atoms with Crippen molar-refractivity contribution in [1.29, 1.82) is 0 Å². The van der Waals surface area contributed by atoms with Crippen LogP contribution in [0.4, 0.5) is 0 Å². The van der Waals surface area contributed by atoms with E-state index < -0.39 is 10.0 Å². The number of hydrogen-bond acceptors (Lipinski definition) is 3. The second-order valence-corrected chi connectivity index (χ2v) is 8.44. The van der Waals surface area contributed by atoms with Crippen LogP contribution in [0.5, 0.6) is 0 Å². The van der Waals surface area contributed by atoms with Crippen LogP contribution in [0.3, 0.4) is 0 Å². The molecule has 112 valence electrons. The van der Waals surface area contributed by atoms with Gasteiger partial charge >= 0.3 is 0 Å². The molecule has 1 saturated carbocycles. The Morgan fingerprint density at radius 1 is 1.00 bits per heavy atom. The van der Waals surface area contributed by atoms with Gasteiger partial charge < -0.3 is 0 Å². The highest BCUT2D eigenvalue weighted by molar-refractivity contribution is 7.88. The van der Waals surface area contributed by atoms with Crippen LogP contribution in [0, 0.1) is 0 Å². The van der Waals surface area contributed by atoms with Gasteiger partial charge in [-0.15, -0.1) is 0 Å². The maximum absolute atomic E-state index is 11.7. The van der Waals surface area contributed by atoms with Gasteiger partial charge in [0, 0.05) is 19.1 Å². The molecule has 1 heterocycles. The number of likely N-dealkylation sites (N-methyl/N-ethyl adjacent to an activating group) is 1. The molecule has 0 aromatic heterocycles. The normalized spacial score (nSPS) is 25.6. The van der Waals surface area contributed by atoms with E-state index in [-0.39, 0.29) is 5.54 Å². The molecule has 1 saturated heterocycles. The Morgan fingerprint density at radius 3 is 2.05 bits per heavy atom. The van der Waals surface area contributed by atoms with E-state index in [9.17, 15) is 8.42 Å². The lowest BCUT2D eigenvalue weighted by Crippen LogP contribution is -2.58. The SMILES string of the molecule is CN(CC1(N2CCCCC2)CCCCC1)S(C)(=O)=O. The van der Waals surface area contributed by atoms with Gasteiger partial charge in [0.2, 0.25) is 10.0 Å². The minimum Gasteiger partial charge on any atom is -0.296 e. The number of sulfonamides is 1. The fourth-order valence-corrected chi connectivity index (χ4v) is 4.16. The first kappa shape index (κ1) is 15.3. The first-order valence-corrected chi connectivity index (χ1v) is 9.45. The lowest BCUT2D eigenvalue weighted by molar-refractivity contribution is 0.0227. The zero-order valence-corrected chi connectivity index (χ0v) is 13.2. The minimum absolute atomic E-state index is 0.108. The summed E-state index contributed by atoms with van der Waals surface area (Å²) in [6, 6.07) is 0. The summed E-state index contributed by atoms with van der Waals surface area (Å²) in [4.78, 5) is 2.59. The summed E-state index contributed by atoms with van der Waals surface area (Å²) in [6.45, 7) is 2.97. The zero-order chi connectivity index (χ0) is 13.9. The van der Waals surface area contributed by atoms with E-state index in [1.54, 1.807) is 11.4 Å². The van der Waals surface area contributed by atoms with Crippen LogP contribution in [0.25, 0.3) is 0 Å². The third-order valence-electron chi connectivity index (χ3n) is 4.89. The molecular formula is C14H28N2O2S. The minimum atomic E-state index is -3.07. The molecule has 2 fully saturated rings. The molecule has 0 radical (unpaired) electrons. The Balaban J connectivity index is 2.14. The highest BCUT2D eigenvalue weighted by Gasteiger charge is 2.40. The van der Waals surface area contributed by atoms with E-state index >= 15 is 0 Å². The van der Waals surface area contributed by atoms with Crippen LogP contribution in [-0.2, 0) is 10.0 Å². The summed E-state index contributed by atoms with van der Waals surface area (Å²) >= 11 is 0. The van der Waals surface area contributed by atoms with E-state index in [1.807, 2.05) is 0 Å². The topological polar surface area (TPSA) is 40.6 Å². The molecule has 0 unspecified atom stereocenters. The summed E-state index contributed by atoms with van der Waals surface area (Å²) in [6.07, 6.45) is 11.3. The van der Waals surface area contributed by atoms with Gasteiger partial charge in [0.25, 0.3) is 0 Å². The molecule has 0 bridgehead atoms. The quantitative estimate of drug-likeness (QED) is 0.795. The molecule has 2 rings (SSSR count). The lowest BCUT2D eigenvalue weighted by atomic mass is 9.79. The zero-order valence-electron chi connectivity index (χ0n) is 12.4. The molecule has 1 aliphatic heterocycles. The molecule has 2 aliphatic rings. The van der Waals surface area contributed by atoms with Crippen LogP contribution < -0.4 is 0 Å². The molecule has 5 heteroatoms. The molecule has 0 amide bonds. The smallest absolute Gasteiger partial charge is 0.211 e. The van der Waals surface area contributed by atoms with Crippen molar-refractivity contribution in [2.75, 3.05) is 32.9 Å². The van der Waals surface area contributed by atoms with Crippen molar-refractivity contribution < 1.29 is 8.42 Å². The van der Waals surface area contributed by atoms with Crippen LogP contribution in [0.15, 0.2) is 0 Å². The van der Waals surface area contributed by atoms with E-state index in [2.05, 4.69) is 4.90 Å². The molecule has 0 atom stereocenters. The number of likely N-dealkylation sites (tertiary alicyclic amines) is 1. The fraction of sp³-hybridized carbons (Fsp3) is 1.00. The van der Waals surface area contributed by atoms with Gasteiger partial charge in [-0.05, 0) is 38.8 Å². The Bertz CT molecular complexity index is 382. The number of piperidine rings is 1. The maximum Gasteiger partial charge on any atom is 0.211 e. The molecule has 1 aliphatic carbocycles. The van der Waals surface area contributed by atoms with Gasteiger partial charge in [-0.3, -0.25) is 4.90 Å². The monoisotopic (exact) mass is 288 g/mol. The maximum atomic E-state index is 11.7. The third kappa shape index (κ3) is 3.70. The summed E-state index contributed by atoms with van der Waals surface area (Å²) in [5.74, 6) is 0. The Morgan fingerprint density at radius 2 is 1.53 bits per heavy atom. The molecule has 0 N–H and O–H groups in total. The Labute approximate surface area is 118 Å². The predicted molar refractivity (Wildman–Crippen MR) is 78.7 cm³/mol. The summed E-state index contributed by atoms with van der Waals surface area (Å²) < 4.78 is 25.0. The number of hydrogen-bond donors (Lipinski definition) is 0. The highest BCUT2D eigenvalue weighted by atomic mass is 32.2. The van der Waals surface area contributed by atoms with Gasteiger partial charge in [0.05, 0.1) is 6.26 Å². The summed E-state index contributed by atoms with van der Waals surface area (Å²) in [5.41, 5.74) is 0.108. The van der Waals surface area contributed by atoms with Crippen LogP contribution in [0.2, 0.25) is 0 Å². The first-order chi connectivity index (χ1) is 8.94. The number of nitrogens with zero attached hydrogens (tertiary/aromatic N) is 2. The predicted octanol–water partition coefficient (Wildman–Crippen LogP) is 2.07. The van der Waals surface area contributed by atoms with E-state index in [1.165, 1.54) is 44.8 Å². The van der Waals surface area contributed by atoms with Crippen molar-refractivity contribution in [2.45, 2.75) is 56.9 Å². The van der Waals surface area contributed by atoms with E-state index in [0.29, 0.717) is 6.54 Å². The second kappa shape index (κ2) is 6.10. The molecule has 4 nitrogen and oxygen atoms in total. The van der Waals surface area contributed by atoms with Crippen LogP contribution in [-0.4, -0.2) is 56.1 Å². The Kier molecular flexibility index (Phi) is 4.90. The van der Waals surface area contributed by atoms with E-state index in [4.69, 9.17) is 0 Å². The van der Waals surface area contributed by atoms with Gasteiger partial charge in [-0.1, -0.05) is 25.7 Å². The average molecular weight is 288 g/mol. The van der Waals surface area contributed by atoms with Crippen molar-refractivity contribution in [3.8, 4) is 0 Å². The fourth-order valence-electron chi connectivity index (χ4n) is 3.68. The van der Waals surface area contributed by atoms with E-state index in [0.717, 1.165) is 25.9 Å². The highest BCUT2D eigenvalue weighted by Crippen LogP contribution is 2.36. The lowest BCUT2D eigenvalue weighted by Gasteiger charge is -2.49. The van der Waals surface area contributed by atoms with Crippen molar-refractivity contribution in [3.63, 3.8) is 0 Å². The second-order valence-electron chi connectivity index (χ2n) is 6.35. The van der Waals surface area contributed by atoms with Crippen molar-refractivity contribution in [3.05, 3.63) is 0 Å². The van der Waals surface area contributed by atoms with Gasteiger partial charge in [0.15, 0.2) is 0 Å². The van der Waals surface area contributed by atoms with Crippen molar-refractivity contribution in [1.82, 2.24) is 9.21 Å². The van der Waals surface area contributed by atoms with Crippen LogP contribution in [0.1, 0.15) is 51.4 Å². The van der Waals surface area contributed by atoms with Gasteiger partial charge in [0.1, 0.15) is 0 Å².